The average molecular weight is 399 g/mol. The Morgan fingerprint density at radius 2 is 1.79 bits per heavy atom. The topological polar surface area (TPSA) is 84.5 Å². The first-order valence-corrected chi connectivity index (χ1v) is 10.9. The second-order valence-corrected chi connectivity index (χ2v) is 8.85. The van der Waals surface area contributed by atoms with Gasteiger partial charge in [-0.2, -0.15) is 0 Å². The summed E-state index contributed by atoms with van der Waals surface area (Å²) in [6.45, 7) is -0.321. The molecule has 0 aliphatic heterocycles. The first-order valence-electron chi connectivity index (χ1n) is 10.9. The number of hydrogen-bond acceptors (Lipinski definition) is 4. The third-order valence-corrected chi connectivity index (χ3v) is 6.81. The fourth-order valence-electron chi connectivity index (χ4n) is 5.36. The molecule has 2 amide bonds. The van der Waals surface area contributed by atoms with Crippen LogP contribution in [0.5, 0.6) is 0 Å². The van der Waals surface area contributed by atoms with Crippen LogP contribution in [0.25, 0.3) is 0 Å². The molecule has 2 bridgehead atoms. The molecule has 3 aliphatic carbocycles. The molecule has 1 aromatic rings. The third-order valence-electron chi connectivity index (χ3n) is 6.81. The molecular weight excluding hydrogens is 368 g/mol. The lowest BCUT2D eigenvalue weighted by atomic mass is 9.86. The number of anilines is 1. The predicted octanol–water partition coefficient (Wildman–Crippen LogP) is 3.67. The molecule has 0 spiro atoms. The number of fused-ring (bicyclic) bond motifs is 2. The Balaban J connectivity index is 1.26. The molecule has 29 heavy (non-hydrogen) atoms. The second kappa shape index (κ2) is 8.97. The molecule has 0 radical (unpaired) electrons. The van der Waals surface area contributed by atoms with Crippen molar-refractivity contribution in [1.29, 1.82) is 0 Å². The standard InChI is InChI=1S/C23H30N2O4/c26-21(14-29-22(27)13-17-12-15-9-10-16(17)11-15)25-20-8-4-3-7-19(20)23(28)24-18-5-1-2-6-18/h3-4,7-8,15-18H,1-2,5-6,9-14H2,(H,24,28)(H,25,26)/t15-,16+,17+/m0/s1. The molecule has 3 atom stereocenters. The Morgan fingerprint density at radius 1 is 1.00 bits per heavy atom. The summed E-state index contributed by atoms with van der Waals surface area (Å²) in [6, 6.07) is 7.13. The number of carbonyl (C=O) groups is 3. The highest BCUT2D eigenvalue weighted by Crippen LogP contribution is 2.49. The van der Waals surface area contributed by atoms with Crippen LogP contribution in [0.2, 0.25) is 0 Å². The van der Waals surface area contributed by atoms with Gasteiger partial charge in [0.15, 0.2) is 6.61 Å². The van der Waals surface area contributed by atoms with E-state index in [1.807, 2.05) is 0 Å². The Morgan fingerprint density at radius 3 is 2.52 bits per heavy atom. The monoisotopic (exact) mass is 398 g/mol. The van der Waals surface area contributed by atoms with Gasteiger partial charge in [0, 0.05) is 12.5 Å². The van der Waals surface area contributed by atoms with E-state index in [1.54, 1.807) is 24.3 Å². The molecule has 1 aromatic carbocycles. The molecule has 0 unspecified atom stereocenters. The average Bonchev–Trinajstić information content (AvgIpc) is 3.45. The van der Waals surface area contributed by atoms with Crippen LogP contribution in [-0.2, 0) is 14.3 Å². The molecule has 0 heterocycles. The summed E-state index contributed by atoms with van der Waals surface area (Å²) in [5.74, 6) is 0.961. The summed E-state index contributed by atoms with van der Waals surface area (Å²) in [4.78, 5) is 37.0. The summed E-state index contributed by atoms with van der Waals surface area (Å²) in [5.41, 5.74) is 0.873. The van der Waals surface area contributed by atoms with Gasteiger partial charge in [-0.3, -0.25) is 14.4 Å². The quantitative estimate of drug-likeness (QED) is 0.687. The van der Waals surface area contributed by atoms with Crippen molar-refractivity contribution in [2.75, 3.05) is 11.9 Å². The van der Waals surface area contributed by atoms with Crippen molar-refractivity contribution in [3.8, 4) is 0 Å². The number of amides is 2. The van der Waals surface area contributed by atoms with Crippen molar-refractivity contribution in [2.24, 2.45) is 17.8 Å². The molecule has 2 N–H and O–H groups in total. The van der Waals surface area contributed by atoms with Gasteiger partial charge in [-0.1, -0.05) is 31.4 Å². The zero-order valence-electron chi connectivity index (χ0n) is 16.8. The van der Waals surface area contributed by atoms with Gasteiger partial charge in [0.05, 0.1) is 11.3 Å². The lowest BCUT2D eigenvalue weighted by molar-refractivity contribution is -0.148. The number of ether oxygens (including phenoxy) is 1. The maximum absolute atomic E-state index is 12.6. The molecule has 6 heteroatoms. The van der Waals surface area contributed by atoms with E-state index >= 15 is 0 Å². The molecule has 6 nitrogen and oxygen atoms in total. The molecule has 3 fully saturated rings. The van der Waals surface area contributed by atoms with Crippen molar-refractivity contribution >= 4 is 23.5 Å². The van der Waals surface area contributed by atoms with E-state index in [9.17, 15) is 14.4 Å². The Kier molecular flexibility index (Phi) is 6.16. The van der Waals surface area contributed by atoms with E-state index in [0.29, 0.717) is 29.5 Å². The van der Waals surface area contributed by atoms with E-state index in [0.717, 1.165) is 38.0 Å². The molecular formula is C23H30N2O4. The van der Waals surface area contributed by atoms with Crippen LogP contribution in [0, 0.1) is 17.8 Å². The summed E-state index contributed by atoms with van der Waals surface area (Å²) in [6.07, 6.45) is 9.57. The Bertz CT molecular complexity index is 772. The van der Waals surface area contributed by atoms with E-state index in [4.69, 9.17) is 4.74 Å². The second-order valence-electron chi connectivity index (χ2n) is 8.85. The molecule has 0 aromatic heterocycles. The summed E-state index contributed by atoms with van der Waals surface area (Å²) < 4.78 is 5.20. The molecule has 0 saturated heterocycles. The fraction of sp³-hybridized carbons (Fsp3) is 0.609. The first-order chi connectivity index (χ1) is 14.1. The lowest BCUT2D eigenvalue weighted by Gasteiger charge is -2.20. The highest BCUT2D eigenvalue weighted by molar-refractivity contribution is 6.04. The first kappa shape index (κ1) is 19.9. The van der Waals surface area contributed by atoms with E-state index < -0.39 is 5.91 Å². The Hall–Kier alpha value is -2.37. The minimum atomic E-state index is -0.424. The predicted molar refractivity (Wildman–Crippen MR) is 109 cm³/mol. The maximum atomic E-state index is 12.6. The minimum absolute atomic E-state index is 0.180. The number of hydrogen-bond donors (Lipinski definition) is 2. The van der Waals surface area contributed by atoms with Gasteiger partial charge in [-0.05, 0) is 62.0 Å². The molecule has 3 saturated carbocycles. The number of rotatable bonds is 7. The lowest BCUT2D eigenvalue weighted by Crippen LogP contribution is -2.33. The zero-order valence-corrected chi connectivity index (χ0v) is 16.8. The van der Waals surface area contributed by atoms with Crippen LogP contribution in [-0.4, -0.2) is 30.4 Å². The van der Waals surface area contributed by atoms with Gasteiger partial charge >= 0.3 is 5.97 Å². The van der Waals surface area contributed by atoms with Crippen molar-refractivity contribution < 1.29 is 19.1 Å². The number of esters is 1. The third kappa shape index (κ3) is 4.98. The van der Waals surface area contributed by atoms with Crippen LogP contribution in [0.1, 0.15) is 68.1 Å². The molecule has 3 aliphatic rings. The van der Waals surface area contributed by atoms with E-state index in [-0.39, 0.29) is 24.5 Å². The van der Waals surface area contributed by atoms with Crippen LogP contribution in [0.15, 0.2) is 24.3 Å². The smallest absolute Gasteiger partial charge is 0.306 e. The van der Waals surface area contributed by atoms with Gasteiger partial charge < -0.3 is 15.4 Å². The number of carbonyl (C=O) groups excluding carboxylic acids is 3. The van der Waals surface area contributed by atoms with Crippen LogP contribution in [0.4, 0.5) is 5.69 Å². The van der Waals surface area contributed by atoms with Crippen molar-refractivity contribution in [3.63, 3.8) is 0 Å². The summed E-state index contributed by atoms with van der Waals surface area (Å²) in [7, 11) is 0. The van der Waals surface area contributed by atoms with Crippen molar-refractivity contribution in [1.82, 2.24) is 5.32 Å². The highest BCUT2D eigenvalue weighted by atomic mass is 16.5. The highest BCUT2D eigenvalue weighted by Gasteiger charge is 2.40. The summed E-state index contributed by atoms with van der Waals surface area (Å²) in [5, 5.41) is 5.75. The molecule has 156 valence electrons. The zero-order chi connectivity index (χ0) is 20.2. The normalized spacial score (nSPS) is 25.7. The van der Waals surface area contributed by atoms with Crippen molar-refractivity contribution in [3.05, 3.63) is 29.8 Å². The SMILES string of the molecule is O=C(COC(=O)C[C@H]1C[C@H]2CC[C@@H]1C2)Nc1ccccc1C(=O)NC1CCCC1. The van der Waals surface area contributed by atoms with Gasteiger partial charge in [-0.25, -0.2) is 0 Å². The number of benzene rings is 1. The largest absolute Gasteiger partial charge is 0.456 e. The Labute approximate surface area is 171 Å². The van der Waals surface area contributed by atoms with Gasteiger partial charge in [0.25, 0.3) is 11.8 Å². The van der Waals surface area contributed by atoms with Crippen molar-refractivity contribution in [2.45, 2.75) is 63.8 Å². The minimum Gasteiger partial charge on any atom is -0.456 e. The van der Waals surface area contributed by atoms with E-state index in [2.05, 4.69) is 10.6 Å². The maximum Gasteiger partial charge on any atom is 0.306 e. The number of nitrogens with one attached hydrogen (secondary N) is 2. The summed E-state index contributed by atoms with van der Waals surface area (Å²) >= 11 is 0. The van der Waals surface area contributed by atoms with E-state index in [1.165, 1.54) is 19.3 Å². The van der Waals surface area contributed by atoms with Crippen LogP contribution < -0.4 is 10.6 Å². The number of para-hydroxylation sites is 1. The van der Waals surface area contributed by atoms with Gasteiger partial charge in [-0.15, -0.1) is 0 Å². The van der Waals surface area contributed by atoms with Gasteiger partial charge in [0.2, 0.25) is 0 Å². The van der Waals surface area contributed by atoms with Crippen LogP contribution >= 0.6 is 0 Å². The van der Waals surface area contributed by atoms with Gasteiger partial charge in [0.1, 0.15) is 0 Å². The fourth-order valence-corrected chi connectivity index (χ4v) is 5.36. The molecule has 4 rings (SSSR count). The van der Waals surface area contributed by atoms with Crippen LogP contribution in [0.3, 0.4) is 0 Å².